The van der Waals surface area contributed by atoms with Gasteiger partial charge in [-0.25, -0.2) is 9.67 Å². The summed E-state index contributed by atoms with van der Waals surface area (Å²) in [7, 11) is 0. The fourth-order valence-corrected chi connectivity index (χ4v) is 2.27. The van der Waals surface area contributed by atoms with Gasteiger partial charge in [0, 0.05) is 12.7 Å². The number of rotatable bonds is 4. The average molecular weight is 248 g/mol. The zero-order chi connectivity index (χ0) is 11.7. The smallest absolute Gasteiger partial charge is 0.215 e. The standard InChI is InChI=1S/C10H12N6S/c11-5-7-1-4-9(12-6-7)17-10-13-14-15-16(10)8-2-3-8/h1,4,6,8H,2-3,5,11H2. The molecule has 2 heterocycles. The molecular formula is C10H12N6S. The normalized spacial score (nSPS) is 15.1. The third kappa shape index (κ3) is 2.29. The minimum Gasteiger partial charge on any atom is -0.326 e. The molecule has 1 fully saturated rings. The maximum atomic E-state index is 5.52. The number of nitrogens with two attached hydrogens (primary N) is 1. The van der Waals surface area contributed by atoms with Crippen molar-refractivity contribution in [2.24, 2.45) is 5.73 Å². The van der Waals surface area contributed by atoms with E-state index in [2.05, 4.69) is 20.5 Å². The van der Waals surface area contributed by atoms with Gasteiger partial charge in [-0.05, 0) is 46.7 Å². The van der Waals surface area contributed by atoms with Gasteiger partial charge < -0.3 is 5.73 Å². The van der Waals surface area contributed by atoms with E-state index in [0.29, 0.717) is 12.6 Å². The molecule has 1 saturated carbocycles. The topological polar surface area (TPSA) is 82.5 Å². The Hall–Kier alpha value is -1.47. The van der Waals surface area contributed by atoms with E-state index in [1.807, 2.05) is 16.8 Å². The predicted octanol–water partition coefficient (Wildman–Crippen LogP) is 1.01. The lowest BCUT2D eigenvalue weighted by atomic mass is 10.3. The highest BCUT2D eigenvalue weighted by atomic mass is 32.2. The van der Waals surface area contributed by atoms with Gasteiger partial charge in [-0.2, -0.15) is 0 Å². The van der Waals surface area contributed by atoms with Crippen LogP contribution in [-0.4, -0.2) is 25.2 Å². The minimum atomic E-state index is 0.482. The summed E-state index contributed by atoms with van der Waals surface area (Å²) in [6, 6.07) is 4.40. The summed E-state index contributed by atoms with van der Waals surface area (Å²) in [6.07, 6.45) is 4.11. The second-order valence-corrected chi connectivity index (χ2v) is 4.94. The molecule has 3 rings (SSSR count). The molecule has 0 unspecified atom stereocenters. The molecule has 0 aliphatic heterocycles. The van der Waals surface area contributed by atoms with Crippen molar-refractivity contribution in [1.82, 2.24) is 25.2 Å². The molecular weight excluding hydrogens is 236 g/mol. The Morgan fingerprint density at radius 3 is 2.94 bits per heavy atom. The summed E-state index contributed by atoms with van der Waals surface area (Å²) in [5.74, 6) is 0. The molecule has 2 N–H and O–H groups in total. The summed E-state index contributed by atoms with van der Waals surface area (Å²) >= 11 is 1.48. The van der Waals surface area contributed by atoms with Gasteiger partial charge >= 0.3 is 0 Å². The molecule has 88 valence electrons. The summed E-state index contributed by atoms with van der Waals surface area (Å²) in [6.45, 7) is 0.512. The van der Waals surface area contributed by atoms with Gasteiger partial charge in [0.25, 0.3) is 0 Å². The lowest BCUT2D eigenvalue weighted by Crippen LogP contribution is -1.99. The van der Waals surface area contributed by atoms with Crippen LogP contribution in [0.3, 0.4) is 0 Å². The van der Waals surface area contributed by atoms with Crippen molar-refractivity contribution < 1.29 is 0 Å². The van der Waals surface area contributed by atoms with Crippen molar-refractivity contribution in [3.8, 4) is 0 Å². The molecule has 0 spiro atoms. The van der Waals surface area contributed by atoms with Crippen molar-refractivity contribution in [1.29, 1.82) is 0 Å². The first-order valence-electron chi connectivity index (χ1n) is 5.47. The highest BCUT2D eigenvalue weighted by Gasteiger charge is 2.28. The maximum absolute atomic E-state index is 5.52. The van der Waals surface area contributed by atoms with E-state index < -0.39 is 0 Å². The van der Waals surface area contributed by atoms with E-state index in [4.69, 9.17) is 5.73 Å². The predicted molar refractivity (Wildman–Crippen MR) is 62.3 cm³/mol. The Bertz CT molecular complexity index is 504. The van der Waals surface area contributed by atoms with Gasteiger partial charge in [0.05, 0.1) is 6.04 Å². The molecule has 2 aromatic heterocycles. The molecule has 0 saturated heterocycles. The summed E-state index contributed by atoms with van der Waals surface area (Å²) in [5, 5.41) is 13.4. The zero-order valence-electron chi connectivity index (χ0n) is 9.15. The van der Waals surface area contributed by atoms with Crippen molar-refractivity contribution in [3.63, 3.8) is 0 Å². The number of aromatic nitrogens is 5. The lowest BCUT2D eigenvalue weighted by Gasteiger charge is -2.02. The van der Waals surface area contributed by atoms with Crippen LogP contribution in [0.4, 0.5) is 0 Å². The van der Waals surface area contributed by atoms with Crippen LogP contribution in [0.25, 0.3) is 0 Å². The summed E-state index contributed by atoms with van der Waals surface area (Å²) < 4.78 is 1.88. The molecule has 0 aromatic carbocycles. The summed E-state index contributed by atoms with van der Waals surface area (Å²) in [5.41, 5.74) is 6.55. The van der Waals surface area contributed by atoms with Crippen LogP contribution in [0.15, 0.2) is 28.5 Å². The van der Waals surface area contributed by atoms with Crippen LogP contribution < -0.4 is 5.73 Å². The van der Waals surface area contributed by atoms with Crippen molar-refractivity contribution in [2.45, 2.75) is 35.6 Å². The van der Waals surface area contributed by atoms with Gasteiger partial charge in [-0.3, -0.25) is 0 Å². The molecule has 2 aromatic rings. The van der Waals surface area contributed by atoms with E-state index >= 15 is 0 Å². The Morgan fingerprint density at radius 2 is 2.29 bits per heavy atom. The number of hydrogen-bond donors (Lipinski definition) is 1. The number of pyridine rings is 1. The first-order chi connectivity index (χ1) is 8.36. The molecule has 7 heteroatoms. The Kier molecular flexibility index (Phi) is 2.77. The number of tetrazole rings is 1. The highest BCUT2D eigenvalue weighted by Crippen LogP contribution is 2.37. The molecule has 0 atom stereocenters. The number of hydrogen-bond acceptors (Lipinski definition) is 6. The van der Waals surface area contributed by atoms with Gasteiger partial charge in [0.15, 0.2) is 0 Å². The molecule has 0 radical (unpaired) electrons. The van der Waals surface area contributed by atoms with Crippen LogP contribution in [0, 0.1) is 0 Å². The maximum Gasteiger partial charge on any atom is 0.215 e. The van der Waals surface area contributed by atoms with Gasteiger partial charge in [0.1, 0.15) is 5.03 Å². The minimum absolute atomic E-state index is 0.482. The Morgan fingerprint density at radius 1 is 1.41 bits per heavy atom. The molecule has 17 heavy (non-hydrogen) atoms. The molecule has 1 aliphatic carbocycles. The molecule has 0 amide bonds. The van der Waals surface area contributed by atoms with Crippen molar-refractivity contribution in [3.05, 3.63) is 23.9 Å². The quantitative estimate of drug-likeness (QED) is 0.869. The highest BCUT2D eigenvalue weighted by molar-refractivity contribution is 7.99. The zero-order valence-corrected chi connectivity index (χ0v) is 9.97. The van der Waals surface area contributed by atoms with E-state index in [1.54, 1.807) is 6.20 Å². The van der Waals surface area contributed by atoms with Crippen LogP contribution >= 0.6 is 11.8 Å². The van der Waals surface area contributed by atoms with Crippen LogP contribution in [0.2, 0.25) is 0 Å². The fraction of sp³-hybridized carbons (Fsp3) is 0.400. The second kappa shape index (κ2) is 4.42. The SMILES string of the molecule is NCc1ccc(Sc2nnnn2C2CC2)nc1. The largest absolute Gasteiger partial charge is 0.326 e. The van der Waals surface area contributed by atoms with Gasteiger partial charge in [0.2, 0.25) is 5.16 Å². The van der Waals surface area contributed by atoms with Crippen LogP contribution in [0.1, 0.15) is 24.4 Å². The lowest BCUT2D eigenvalue weighted by molar-refractivity contribution is 0.565. The van der Waals surface area contributed by atoms with Crippen molar-refractivity contribution in [2.75, 3.05) is 0 Å². The van der Waals surface area contributed by atoms with E-state index in [1.165, 1.54) is 11.8 Å². The van der Waals surface area contributed by atoms with E-state index in [0.717, 1.165) is 28.6 Å². The molecule has 6 nitrogen and oxygen atoms in total. The van der Waals surface area contributed by atoms with Crippen LogP contribution in [0.5, 0.6) is 0 Å². The number of nitrogens with zero attached hydrogens (tertiary/aromatic N) is 5. The average Bonchev–Trinajstić information content (AvgIpc) is 3.11. The third-order valence-corrected chi connectivity index (χ3v) is 3.49. The first kappa shape index (κ1) is 10.7. The third-order valence-electron chi connectivity index (χ3n) is 2.58. The monoisotopic (exact) mass is 248 g/mol. The molecule has 1 aliphatic rings. The second-order valence-electron chi connectivity index (χ2n) is 3.95. The van der Waals surface area contributed by atoms with Crippen molar-refractivity contribution >= 4 is 11.8 Å². The Balaban J connectivity index is 1.78. The van der Waals surface area contributed by atoms with E-state index in [9.17, 15) is 0 Å². The summed E-state index contributed by atoms with van der Waals surface area (Å²) in [4.78, 5) is 4.32. The fourth-order valence-electron chi connectivity index (χ4n) is 1.49. The van der Waals surface area contributed by atoms with Gasteiger partial charge in [-0.1, -0.05) is 6.07 Å². The Labute approximate surface area is 103 Å². The van der Waals surface area contributed by atoms with Crippen LogP contribution in [-0.2, 0) is 6.54 Å². The molecule has 0 bridgehead atoms. The van der Waals surface area contributed by atoms with E-state index in [-0.39, 0.29) is 0 Å². The first-order valence-corrected chi connectivity index (χ1v) is 6.29. The van der Waals surface area contributed by atoms with Gasteiger partial charge in [-0.15, -0.1) is 5.10 Å².